The first-order valence-corrected chi connectivity index (χ1v) is 5.80. The first kappa shape index (κ1) is 11.4. The normalized spacial score (nSPS) is 16.2. The van der Waals surface area contributed by atoms with Crippen LogP contribution in [0.1, 0.15) is 12.0 Å². The molecule has 1 aliphatic heterocycles. The number of ether oxygens (including phenoxy) is 1. The van der Waals surface area contributed by atoms with Crippen molar-refractivity contribution < 1.29 is 4.74 Å². The number of hydrogen-bond donors (Lipinski definition) is 1. The van der Waals surface area contributed by atoms with Gasteiger partial charge >= 0.3 is 0 Å². The van der Waals surface area contributed by atoms with Gasteiger partial charge in [0.15, 0.2) is 0 Å². The van der Waals surface area contributed by atoms with E-state index in [9.17, 15) is 0 Å². The second-order valence-electron chi connectivity index (χ2n) is 4.16. The van der Waals surface area contributed by atoms with Gasteiger partial charge in [0.05, 0.1) is 26.0 Å². The van der Waals surface area contributed by atoms with E-state index in [1.54, 1.807) is 0 Å². The van der Waals surface area contributed by atoms with Crippen molar-refractivity contribution in [3.05, 3.63) is 29.6 Å². The summed E-state index contributed by atoms with van der Waals surface area (Å²) in [6.07, 6.45) is 7.27. The Bertz CT molecular complexity index is 357. The fourth-order valence-corrected chi connectivity index (χ4v) is 1.76. The molecule has 0 atom stereocenters. The Balaban J connectivity index is 1.63. The van der Waals surface area contributed by atoms with E-state index in [1.807, 2.05) is 10.9 Å². The van der Waals surface area contributed by atoms with Crippen molar-refractivity contribution in [1.82, 2.24) is 15.1 Å². The van der Waals surface area contributed by atoms with Crippen molar-refractivity contribution in [3.8, 4) is 0 Å². The number of nitrogens with one attached hydrogen (secondary N) is 1. The zero-order valence-corrected chi connectivity index (χ0v) is 9.78. The summed E-state index contributed by atoms with van der Waals surface area (Å²) in [7, 11) is 0. The van der Waals surface area contributed by atoms with E-state index in [-0.39, 0.29) is 0 Å². The van der Waals surface area contributed by atoms with Crippen molar-refractivity contribution in [2.75, 3.05) is 26.3 Å². The highest BCUT2D eigenvalue weighted by Crippen LogP contribution is 2.03. The molecule has 88 valence electrons. The van der Waals surface area contributed by atoms with Crippen LogP contribution in [0.15, 0.2) is 24.0 Å². The fourth-order valence-electron chi connectivity index (χ4n) is 1.76. The number of aryl methyl sites for hydroxylation is 1. The smallest absolute Gasteiger partial charge is 0.0689 e. The molecule has 2 rings (SSSR count). The third kappa shape index (κ3) is 3.47. The van der Waals surface area contributed by atoms with Crippen LogP contribution in [-0.2, 0) is 11.3 Å². The Labute approximate surface area is 96.3 Å². The van der Waals surface area contributed by atoms with Gasteiger partial charge in [0, 0.05) is 19.3 Å². The summed E-state index contributed by atoms with van der Waals surface area (Å²) in [5.74, 6) is 0. The highest BCUT2D eigenvalue weighted by atomic mass is 16.5. The minimum Gasteiger partial charge on any atom is -0.377 e. The monoisotopic (exact) mass is 221 g/mol. The molecule has 0 fully saturated rings. The highest BCUT2D eigenvalue weighted by molar-refractivity contribution is 5.06. The maximum atomic E-state index is 5.37. The number of aromatic nitrogens is 2. The van der Waals surface area contributed by atoms with E-state index in [4.69, 9.17) is 4.74 Å². The first-order chi connectivity index (χ1) is 7.84. The molecule has 1 aromatic heterocycles. The summed E-state index contributed by atoms with van der Waals surface area (Å²) in [5.41, 5.74) is 2.58. The molecule has 4 nitrogen and oxygen atoms in total. The van der Waals surface area contributed by atoms with E-state index < -0.39 is 0 Å². The van der Waals surface area contributed by atoms with E-state index in [1.165, 1.54) is 11.1 Å². The van der Waals surface area contributed by atoms with Crippen molar-refractivity contribution >= 4 is 0 Å². The van der Waals surface area contributed by atoms with Gasteiger partial charge in [-0.05, 0) is 24.5 Å². The zero-order valence-electron chi connectivity index (χ0n) is 9.78. The Hall–Kier alpha value is -1.13. The molecule has 0 saturated carbocycles. The molecule has 1 aromatic rings. The molecule has 16 heavy (non-hydrogen) atoms. The summed E-state index contributed by atoms with van der Waals surface area (Å²) in [6.45, 7) is 6.51. The number of rotatable bonds is 5. The van der Waals surface area contributed by atoms with Crippen LogP contribution in [-0.4, -0.2) is 36.1 Å². The van der Waals surface area contributed by atoms with Crippen LogP contribution < -0.4 is 5.32 Å². The first-order valence-electron chi connectivity index (χ1n) is 5.80. The van der Waals surface area contributed by atoms with E-state index in [2.05, 4.69) is 29.6 Å². The largest absolute Gasteiger partial charge is 0.377 e. The summed E-state index contributed by atoms with van der Waals surface area (Å²) < 4.78 is 7.34. The minimum absolute atomic E-state index is 0.786. The Kier molecular flexibility index (Phi) is 4.13. The summed E-state index contributed by atoms with van der Waals surface area (Å²) in [6, 6.07) is 0. The Morgan fingerprint density at radius 3 is 3.19 bits per heavy atom. The molecule has 0 spiro atoms. The summed E-state index contributed by atoms with van der Waals surface area (Å²) in [5, 5.41) is 7.64. The molecule has 0 bridgehead atoms. The van der Waals surface area contributed by atoms with Gasteiger partial charge in [0.25, 0.3) is 0 Å². The molecule has 0 amide bonds. The van der Waals surface area contributed by atoms with Crippen LogP contribution in [0.4, 0.5) is 0 Å². The van der Waals surface area contributed by atoms with Gasteiger partial charge in [-0.15, -0.1) is 0 Å². The lowest BCUT2D eigenvalue weighted by molar-refractivity contribution is 0.149. The molecular formula is C12H19N3O. The molecule has 0 unspecified atom stereocenters. The molecule has 0 aromatic carbocycles. The highest BCUT2D eigenvalue weighted by Gasteiger charge is 2.02. The zero-order chi connectivity index (χ0) is 11.2. The van der Waals surface area contributed by atoms with E-state index in [0.29, 0.717) is 0 Å². The molecule has 0 aliphatic carbocycles. The maximum Gasteiger partial charge on any atom is 0.0689 e. The van der Waals surface area contributed by atoms with E-state index >= 15 is 0 Å². The van der Waals surface area contributed by atoms with E-state index in [0.717, 1.165) is 39.3 Å². The van der Waals surface area contributed by atoms with Crippen LogP contribution in [0.2, 0.25) is 0 Å². The molecular weight excluding hydrogens is 202 g/mol. The second kappa shape index (κ2) is 5.82. The van der Waals surface area contributed by atoms with Gasteiger partial charge in [-0.1, -0.05) is 6.08 Å². The van der Waals surface area contributed by atoms with Gasteiger partial charge in [0.1, 0.15) is 0 Å². The molecule has 4 heteroatoms. The second-order valence-corrected chi connectivity index (χ2v) is 4.16. The average Bonchev–Trinajstić information content (AvgIpc) is 2.72. The SMILES string of the molecule is Cc1cnn(CCNCC2=CCCOC2)c1. The van der Waals surface area contributed by atoms with Crippen LogP contribution in [0.3, 0.4) is 0 Å². The lowest BCUT2D eigenvalue weighted by atomic mass is 10.2. The molecule has 0 radical (unpaired) electrons. The Morgan fingerprint density at radius 1 is 1.56 bits per heavy atom. The molecule has 1 aliphatic rings. The molecule has 0 saturated heterocycles. The van der Waals surface area contributed by atoms with Crippen molar-refractivity contribution in [2.45, 2.75) is 19.9 Å². The number of nitrogens with zero attached hydrogens (tertiary/aromatic N) is 2. The summed E-state index contributed by atoms with van der Waals surface area (Å²) in [4.78, 5) is 0. The fraction of sp³-hybridized carbons (Fsp3) is 0.583. The van der Waals surface area contributed by atoms with Gasteiger partial charge in [-0.2, -0.15) is 5.10 Å². The van der Waals surface area contributed by atoms with Gasteiger partial charge < -0.3 is 10.1 Å². The third-order valence-electron chi connectivity index (χ3n) is 2.61. The van der Waals surface area contributed by atoms with Gasteiger partial charge in [0.2, 0.25) is 0 Å². The lowest BCUT2D eigenvalue weighted by Gasteiger charge is -2.14. The van der Waals surface area contributed by atoms with Crippen LogP contribution in [0.25, 0.3) is 0 Å². The number of hydrogen-bond acceptors (Lipinski definition) is 3. The minimum atomic E-state index is 0.786. The standard InChI is InChI=1S/C12H19N3O/c1-11-7-14-15(9-11)5-4-13-8-12-3-2-6-16-10-12/h3,7,9,13H,2,4-6,8,10H2,1H3. The lowest BCUT2D eigenvalue weighted by Crippen LogP contribution is -2.25. The van der Waals surface area contributed by atoms with Crippen molar-refractivity contribution in [3.63, 3.8) is 0 Å². The quantitative estimate of drug-likeness (QED) is 0.598. The van der Waals surface area contributed by atoms with Crippen molar-refractivity contribution in [2.24, 2.45) is 0 Å². The topological polar surface area (TPSA) is 39.1 Å². The maximum absolute atomic E-state index is 5.37. The van der Waals surface area contributed by atoms with Gasteiger partial charge in [-0.25, -0.2) is 0 Å². The van der Waals surface area contributed by atoms with Crippen LogP contribution in [0, 0.1) is 6.92 Å². The predicted molar refractivity (Wildman–Crippen MR) is 63.4 cm³/mol. The van der Waals surface area contributed by atoms with Crippen LogP contribution >= 0.6 is 0 Å². The van der Waals surface area contributed by atoms with Crippen molar-refractivity contribution in [1.29, 1.82) is 0 Å². The average molecular weight is 221 g/mol. The molecule has 1 N–H and O–H groups in total. The Morgan fingerprint density at radius 2 is 2.50 bits per heavy atom. The van der Waals surface area contributed by atoms with Gasteiger partial charge in [-0.3, -0.25) is 4.68 Å². The molecule has 2 heterocycles. The summed E-state index contributed by atoms with van der Waals surface area (Å²) >= 11 is 0. The predicted octanol–water partition coefficient (Wildman–Crippen LogP) is 1.13. The third-order valence-corrected chi connectivity index (χ3v) is 2.61. The van der Waals surface area contributed by atoms with Crippen LogP contribution in [0.5, 0.6) is 0 Å².